The molecule has 0 aromatic heterocycles. The molecule has 1 saturated heterocycles. The Bertz CT molecular complexity index is 723. The quantitative estimate of drug-likeness (QED) is 0.670. The lowest BCUT2D eigenvalue weighted by molar-refractivity contribution is 0.0863. The fourth-order valence-electron chi connectivity index (χ4n) is 3.90. The van der Waals surface area contributed by atoms with Crippen LogP contribution in [0.4, 0.5) is 4.79 Å². The highest BCUT2D eigenvalue weighted by Crippen LogP contribution is 2.18. The van der Waals surface area contributed by atoms with Crippen molar-refractivity contribution in [2.45, 2.75) is 57.3 Å². The number of benzene rings is 2. The van der Waals surface area contributed by atoms with Crippen LogP contribution in [0.2, 0.25) is 0 Å². The zero-order chi connectivity index (χ0) is 20.3. The number of carbonyl (C=O) groups is 1. The molecule has 2 atom stereocenters. The van der Waals surface area contributed by atoms with Crippen LogP contribution in [0, 0.1) is 0 Å². The average molecular weight is 397 g/mol. The van der Waals surface area contributed by atoms with E-state index in [2.05, 4.69) is 5.32 Å². The van der Waals surface area contributed by atoms with Crippen molar-refractivity contribution in [1.29, 1.82) is 0 Å². The summed E-state index contributed by atoms with van der Waals surface area (Å²) in [6.07, 6.45) is 4.84. The molecule has 0 radical (unpaired) electrons. The molecule has 3 rings (SSSR count). The highest BCUT2D eigenvalue weighted by molar-refractivity contribution is 5.67. The van der Waals surface area contributed by atoms with Gasteiger partial charge in [0.15, 0.2) is 0 Å². The average Bonchev–Trinajstić information content (AvgIpc) is 2.77. The van der Waals surface area contributed by atoms with E-state index in [0.29, 0.717) is 19.1 Å². The first-order valence-electron chi connectivity index (χ1n) is 10.6. The first kappa shape index (κ1) is 21.3. The minimum Gasteiger partial charge on any atom is -0.445 e. The van der Waals surface area contributed by atoms with Gasteiger partial charge in [-0.1, -0.05) is 67.1 Å². The van der Waals surface area contributed by atoms with Gasteiger partial charge in [-0.25, -0.2) is 4.79 Å². The number of rotatable bonds is 9. The summed E-state index contributed by atoms with van der Waals surface area (Å²) in [5.74, 6) is 0. The predicted octanol–water partition coefficient (Wildman–Crippen LogP) is 4.11. The third-order valence-electron chi connectivity index (χ3n) is 5.41. The molecule has 156 valence electrons. The SMILES string of the molecule is O=C(OCc1ccccc1)N(Cc1ccccc1)CC1CCCC(CCCO)N1. The van der Waals surface area contributed by atoms with Crippen molar-refractivity contribution < 1.29 is 14.6 Å². The fraction of sp³-hybridized carbons (Fsp3) is 0.458. The second-order valence-corrected chi connectivity index (χ2v) is 7.76. The molecule has 1 heterocycles. The smallest absolute Gasteiger partial charge is 0.410 e. The van der Waals surface area contributed by atoms with Gasteiger partial charge in [0.25, 0.3) is 0 Å². The Morgan fingerprint density at radius 3 is 2.34 bits per heavy atom. The van der Waals surface area contributed by atoms with E-state index in [9.17, 15) is 4.79 Å². The highest BCUT2D eigenvalue weighted by Gasteiger charge is 2.25. The monoisotopic (exact) mass is 396 g/mol. The number of aliphatic hydroxyl groups is 1. The molecular formula is C24H32N2O3. The normalized spacial score (nSPS) is 18.9. The molecule has 1 aliphatic rings. The van der Waals surface area contributed by atoms with E-state index < -0.39 is 0 Å². The number of ether oxygens (including phenoxy) is 1. The maximum Gasteiger partial charge on any atom is 0.410 e. The van der Waals surface area contributed by atoms with Gasteiger partial charge in [0.05, 0.1) is 0 Å². The lowest BCUT2D eigenvalue weighted by atomic mass is 9.95. The van der Waals surface area contributed by atoms with Gasteiger partial charge in [0.1, 0.15) is 6.61 Å². The Labute approximate surface area is 173 Å². The summed E-state index contributed by atoms with van der Waals surface area (Å²) in [5.41, 5.74) is 2.08. The van der Waals surface area contributed by atoms with E-state index in [0.717, 1.165) is 43.2 Å². The number of piperidine rings is 1. The molecule has 0 saturated carbocycles. The molecule has 2 N–H and O–H groups in total. The number of carbonyl (C=O) groups excluding carboxylic acids is 1. The van der Waals surface area contributed by atoms with Gasteiger partial charge in [-0.2, -0.15) is 0 Å². The molecular weight excluding hydrogens is 364 g/mol. The maximum atomic E-state index is 12.9. The molecule has 1 fully saturated rings. The van der Waals surface area contributed by atoms with Crippen molar-refractivity contribution in [1.82, 2.24) is 10.2 Å². The van der Waals surface area contributed by atoms with Crippen LogP contribution in [0.5, 0.6) is 0 Å². The molecule has 2 aromatic rings. The predicted molar refractivity (Wildman–Crippen MR) is 114 cm³/mol. The van der Waals surface area contributed by atoms with Crippen molar-refractivity contribution in [3.8, 4) is 0 Å². The number of aliphatic hydroxyl groups excluding tert-OH is 1. The van der Waals surface area contributed by atoms with Gasteiger partial charge in [0.2, 0.25) is 0 Å². The lowest BCUT2D eigenvalue weighted by Crippen LogP contribution is -2.49. The van der Waals surface area contributed by atoms with Crippen molar-refractivity contribution >= 4 is 6.09 Å². The van der Waals surface area contributed by atoms with Crippen molar-refractivity contribution in [3.63, 3.8) is 0 Å². The fourth-order valence-corrected chi connectivity index (χ4v) is 3.90. The lowest BCUT2D eigenvalue weighted by Gasteiger charge is -2.34. The van der Waals surface area contributed by atoms with Gasteiger partial charge in [-0.3, -0.25) is 0 Å². The molecule has 0 bridgehead atoms. The van der Waals surface area contributed by atoms with Gasteiger partial charge in [0, 0.05) is 31.8 Å². The van der Waals surface area contributed by atoms with Gasteiger partial charge in [-0.05, 0) is 36.8 Å². The van der Waals surface area contributed by atoms with Crippen LogP contribution in [0.3, 0.4) is 0 Å². The van der Waals surface area contributed by atoms with Crippen LogP contribution in [0.15, 0.2) is 60.7 Å². The Kier molecular flexibility index (Phi) is 8.53. The molecule has 1 aliphatic heterocycles. The molecule has 1 amide bonds. The Morgan fingerprint density at radius 2 is 1.66 bits per heavy atom. The minimum absolute atomic E-state index is 0.231. The minimum atomic E-state index is -0.281. The van der Waals surface area contributed by atoms with E-state index in [-0.39, 0.29) is 25.3 Å². The zero-order valence-corrected chi connectivity index (χ0v) is 17.0. The molecule has 0 spiro atoms. The summed E-state index contributed by atoms with van der Waals surface area (Å²) >= 11 is 0. The summed E-state index contributed by atoms with van der Waals surface area (Å²) in [5, 5.41) is 12.8. The summed E-state index contributed by atoms with van der Waals surface area (Å²) in [4.78, 5) is 14.7. The topological polar surface area (TPSA) is 61.8 Å². The van der Waals surface area contributed by atoms with Crippen molar-refractivity contribution in [2.24, 2.45) is 0 Å². The Hall–Kier alpha value is -2.37. The molecule has 2 unspecified atom stereocenters. The number of hydrogen-bond donors (Lipinski definition) is 2. The largest absolute Gasteiger partial charge is 0.445 e. The van der Waals surface area contributed by atoms with Crippen LogP contribution < -0.4 is 5.32 Å². The Balaban J connectivity index is 1.61. The van der Waals surface area contributed by atoms with Crippen LogP contribution in [0.1, 0.15) is 43.2 Å². The maximum absolute atomic E-state index is 12.9. The first-order valence-corrected chi connectivity index (χ1v) is 10.6. The van der Waals surface area contributed by atoms with Gasteiger partial charge >= 0.3 is 6.09 Å². The van der Waals surface area contributed by atoms with Crippen LogP contribution >= 0.6 is 0 Å². The van der Waals surface area contributed by atoms with Gasteiger partial charge in [-0.15, -0.1) is 0 Å². The molecule has 5 nitrogen and oxygen atoms in total. The van der Waals surface area contributed by atoms with Crippen molar-refractivity contribution in [2.75, 3.05) is 13.2 Å². The van der Waals surface area contributed by atoms with E-state index in [1.54, 1.807) is 0 Å². The number of nitrogens with one attached hydrogen (secondary N) is 1. The van der Waals surface area contributed by atoms with Crippen LogP contribution in [0.25, 0.3) is 0 Å². The number of nitrogens with zero attached hydrogens (tertiary/aromatic N) is 1. The van der Waals surface area contributed by atoms with Crippen LogP contribution in [-0.4, -0.2) is 41.3 Å². The molecule has 0 aliphatic carbocycles. The third kappa shape index (κ3) is 7.18. The number of hydrogen-bond acceptors (Lipinski definition) is 4. The number of amides is 1. The summed E-state index contributed by atoms with van der Waals surface area (Å²) in [7, 11) is 0. The first-order chi connectivity index (χ1) is 14.2. The van der Waals surface area contributed by atoms with Gasteiger partial charge < -0.3 is 20.1 Å². The van der Waals surface area contributed by atoms with E-state index in [1.807, 2.05) is 65.6 Å². The van der Waals surface area contributed by atoms with Crippen molar-refractivity contribution in [3.05, 3.63) is 71.8 Å². The Morgan fingerprint density at radius 1 is 1.00 bits per heavy atom. The summed E-state index contributed by atoms with van der Waals surface area (Å²) in [6.45, 7) is 1.67. The third-order valence-corrected chi connectivity index (χ3v) is 5.41. The highest BCUT2D eigenvalue weighted by atomic mass is 16.6. The molecule has 2 aromatic carbocycles. The summed E-state index contributed by atoms with van der Waals surface area (Å²) in [6, 6.07) is 20.5. The van der Waals surface area contributed by atoms with E-state index >= 15 is 0 Å². The zero-order valence-electron chi connectivity index (χ0n) is 17.0. The van der Waals surface area contributed by atoms with E-state index in [1.165, 1.54) is 0 Å². The van der Waals surface area contributed by atoms with Crippen LogP contribution in [-0.2, 0) is 17.9 Å². The second-order valence-electron chi connectivity index (χ2n) is 7.76. The molecule has 29 heavy (non-hydrogen) atoms. The van der Waals surface area contributed by atoms with E-state index in [4.69, 9.17) is 9.84 Å². The second kappa shape index (κ2) is 11.6. The summed E-state index contributed by atoms with van der Waals surface area (Å²) < 4.78 is 5.62. The molecule has 5 heteroatoms. The standard InChI is InChI=1S/C24H32N2O3/c27-16-8-15-22-13-7-14-23(25-22)18-26(17-20-9-3-1-4-10-20)24(28)29-19-21-11-5-2-6-12-21/h1-6,9-12,22-23,25,27H,7-8,13-19H2.